The molecule has 0 heterocycles. The van der Waals surface area contributed by atoms with Crippen molar-refractivity contribution in [1.29, 1.82) is 0 Å². The van der Waals surface area contributed by atoms with E-state index < -0.39 is 6.04 Å². The number of hydrogen-bond acceptors (Lipinski definition) is 3. The summed E-state index contributed by atoms with van der Waals surface area (Å²) < 4.78 is 0. The first-order valence-corrected chi connectivity index (χ1v) is 6.37. The van der Waals surface area contributed by atoms with Crippen LogP contribution in [0.1, 0.15) is 38.8 Å². The zero-order valence-corrected chi connectivity index (χ0v) is 11.6. The summed E-state index contributed by atoms with van der Waals surface area (Å²) in [7, 11) is 0. The second-order valence-electron chi connectivity index (χ2n) is 4.55. The number of carbonyl (C=O) groups is 2. The monoisotopic (exact) mass is 263 g/mol. The minimum absolute atomic E-state index is 0.123. The van der Waals surface area contributed by atoms with E-state index in [1.54, 1.807) is 6.07 Å². The highest BCUT2D eigenvalue weighted by atomic mass is 16.2. The van der Waals surface area contributed by atoms with Crippen LogP contribution in [0.2, 0.25) is 0 Å². The van der Waals surface area contributed by atoms with Crippen molar-refractivity contribution in [3.05, 3.63) is 29.8 Å². The van der Waals surface area contributed by atoms with Gasteiger partial charge in [-0.15, -0.1) is 0 Å². The van der Waals surface area contributed by atoms with Crippen molar-refractivity contribution in [2.45, 2.75) is 39.3 Å². The lowest BCUT2D eigenvalue weighted by atomic mass is 10.1. The number of amides is 2. The Kier molecular flexibility index (Phi) is 5.51. The van der Waals surface area contributed by atoms with Gasteiger partial charge >= 0.3 is 0 Å². The molecule has 0 radical (unpaired) electrons. The van der Waals surface area contributed by atoms with Crippen LogP contribution < -0.4 is 16.4 Å². The molecule has 0 aromatic heterocycles. The van der Waals surface area contributed by atoms with Crippen LogP contribution in [0.4, 0.5) is 5.69 Å². The second kappa shape index (κ2) is 6.89. The summed E-state index contributed by atoms with van der Waals surface area (Å²) in [5.74, 6) is -0.290. The van der Waals surface area contributed by atoms with Crippen molar-refractivity contribution in [3.8, 4) is 0 Å². The maximum Gasteiger partial charge on any atom is 0.237 e. The Labute approximate surface area is 113 Å². The van der Waals surface area contributed by atoms with Gasteiger partial charge in [-0.25, -0.2) is 0 Å². The van der Waals surface area contributed by atoms with Crippen LogP contribution in [0.15, 0.2) is 24.3 Å². The topological polar surface area (TPSA) is 84.2 Å². The third kappa shape index (κ3) is 4.71. The van der Waals surface area contributed by atoms with Crippen LogP contribution in [0, 0.1) is 0 Å². The quantitative estimate of drug-likeness (QED) is 0.753. The van der Waals surface area contributed by atoms with Crippen LogP contribution in [-0.4, -0.2) is 17.9 Å². The Hall–Kier alpha value is -1.88. The molecular weight excluding hydrogens is 242 g/mol. The lowest BCUT2D eigenvalue weighted by Crippen LogP contribution is -2.41. The maximum absolute atomic E-state index is 11.7. The molecule has 0 aliphatic carbocycles. The highest BCUT2D eigenvalue weighted by Gasteiger charge is 2.15. The Morgan fingerprint density at radius 1 is 1.37 bits per heavy atom. The van der Waals surface area contributed by atoms with Gasteiger partial charge < -0.3 is 16.4 Å². The van der Waals surface area contributed by atoms with Crippen LogP contribution in [0.25, 0.3) is 0 Å². The van der Waals surface area contributed by atoms with Crippen molar-refractivity contribution in [2.75, 3.05) is 5.32 Å². The van der Waals surface area contributed by atoms with Gasteiger partial charge in [-0.3, -0.25) is 9.59 Å². The SMILES string of the molecule is CCC(N)C(=O)NC(C)c1cccc(NC(C)=O)c1. The van der Waals surface area contributed by atoms with Gasteiger partial charge in [0.05, 0.1) is 12.1 Å². The first-order chi connectivity index (χ1) is 8.93. The number of carbonyl (C=O) groups excluding carboxylic acids is 2. The molecule has 0 saturated heterocycles. The van der Waals surface area contributed by atoms with Crippen LogP contribution in [0.3, 0.4) is 0 Å². The van der Waals surface area contributed by atoms with Gasteiger partial charge in [0.1, 0.15) is 0 Å². The van der Waals surface area contributed by atoms with Gasteiger partial charge in [0.25, 0.3) is 0 Å². The van der Waals surface area contributed by atoms with E-state index >= 15 is 0 Å². The molecule has 0 fully saturated rings. The summed E-state index contributed by atoms with van der Waals surface area (Å²) in [6.45, 7) is 5.21. The Balaban J connectivity index is 2.74. The molecule has 1 rings (SSSR count). The summed E-state index contributed by atoms with van der Waals surface area (Å²) >= 11 is 0. The van der Waals surface area contributed by atoms with Crippen LogP contribution in [0.5, 0.6) is 0 Å². The highest BCUT2D eigenvalue weighted by Crippen LogP contribution is 2.17. The molecule has 1 aromatic carbocycles. The number of rotatable bonds is 5. The molecule has 0 saturated carbocycles. The summed E-state index contributed by atoms with van der Waals surface area (Å²) in [6, 6.07) is 6.73. The van der Waals surface area contributed by atoms with Crippen molar-refractivity contribution in [1.82, 2.24) is 5.32 Å². The third-order valence-corrected chi connectivity index (χ3v) is 2.84. The summed E-state index contributed by atoms with van der Waals surface area (Å²) in [6.07, 6.45) is 0.602. The standard InChI is InChI=1S/C14H21N3O2/c1-4-13(15)14(19)16-9(2)11-6-5-7-12(8-11)17-10(3)18/h5-9,13H,4,15H2,1-3H3,(H,16,19)(H,17,18). The average Bonchev–Trinajstić information content (AvgIpc) is 2.37. The number of benzene rings is 1. The molecule has 0 aliphatic heterocycles. The Bertz CT molecular complexity index is 460. The van der Waals surface area contributed by atoms with Gasteiger partial charge in [-0.2, -0.15) is 0 Å². The van der Waals surface area contributed by atoms with Gasteiger partial charge in [0.2, 0.25) is 11.8 Å². The first kappa shape index (κ1) is 15.2. The summed E-state index contributed by atoms with van der Waals surface area (Å²) in [5, 5.41) is 5.56. The maximum atomic E-state index is 11.7. The molecule has 0 bridgehead atoms. The van der Waals surface area contributed by atoms with Crippen LogP contribution in [-0.2, 0) is 9.59 Å². The van der Waals surface area contributed by atoms with Gasteiger partial charge in [0.15, 0.2) is 0 Å². The number of nitrogens with one attached hydrogen (secondary N) is 2. The molecule has 19 heavy (non-hydrogen) atoms. The zero-order chi connectivity index (χ0) is 14.4. The Morgan fingerprint density at radius 3 is 2.63 bits per heavy atom. The highest BCUT2D eigenvalue weighted by molar-refractivity contribution is 5.88. The molecule has 4 N–H and O–H groups in total. The van der Waals surface area contributed by atoms with Crippen LogP contribution >= 0.6 is 0 Å². The predicted molar refractivity (Wildman–Crippen MR) is 75.6 cm³/mol. The van der Waals surface area contributed by atoms with E-state index in [0.29, 0.717) is 12.1 Å². The van der Waals surface area contributed by atoms with E-state index in [-0.39, 0.29) is 17.9 Å². The van der Waals surface area contributed by atoms with Gasteiger partial charge in [-0.1, -0.05) is 19.1 Å². The lowest BCUT2D eigenvalue weighted by molar-refractivity contribution is -0.123. The molecule has 5 nitrogen and oxygen atoms in total. The summed E-state index contributed by atoms with van der Waals surface area (Å²) in [4.78, 5) is 22.7. The number of anilines is 1. The molecule has 0 aliphatic rings. The third-order valence-electron chi connectivity index (χ3n) is 2.84. The fraction of sp³-hybridized carbons (Fsp3) is 0.429. The number of hydrogen-bond donors (Lipinski definition) is 3. The molecule has 104 valence electrons. The second-order valence-corrected chi connectivity index (χ2v) is 4.55. The molecule has 1 aromatic rings. The van der Waals surface area contributed by atoms with Crippen molar-refractivity contribution in [3.63, 3.8) is 0 Å². The van der Waals surface area contributed by atoms with E-state index in [2.05, 4.69) is 10.6 Å². The molecule has 5 heteroatoms. The van der Waals surface area contributed by atoms with Crippen molar-refractivity contribution >= 4 is 17.5 Å². The normalized spacial score (nSPS) is 13.5. The zero-order valence-electron chi connectivity index (χ0n) is 11.6. The lowest BCUT2D eigenvalue weighted by Gasteiger charge is -2.17. The minimum Gasteiger partial charge on any atom is -0.348 e. The molecule has 2 atom stereocenters. The first-order valence-electron chi connectivity index (χ1n) is 6.37. The predicted octanol–water partition coefficient (Wildman–Crippen LogP) is 1.56. The van der Waals surface area contributed by atoms with E-state index in [9.17, 15) is 9.59 Å². The van der Waals surface area contributed by atoms with Gasteiger partial charge in [0, 0.05) is 12.6 Å². The van der Waals surface area contributed by atoms with E-state index in [4.69, 9.17) is 5.73 Å². The summed E-state index contributed by atoms with van der Waals surface area (Å²) in [5.41, 5.74) is 7.30. The fourth-order valence-electron chi connectivity index (χ4n) is 1.68. The fourth-order valence-corrected chi connectivity index (χ4v) is 1.68. The molecule has 0 spiro atoms. The van der Waals surface area contributed by atoms with Crippen molar-refractivity contribution < 1.29 is 9.59 Å². The molecule has 2 unspecified atom stereocenters. The Morgan fingerprint density at radius 2 is 2.05 bits per heavy atom. The number of nitrogens with two attached hydrogens (primary N) is 1. The van der Waals surface area contributed by atoms with E-state index in [1.807, 2.05) is 32.0 Å². The molecule has 2 amide bonds. The van der Waals surface area contributed by atoms with E-state index in [0.717, 1.165) is 5.56 Å². The largest absolute Gasteiger partial charge is 0.348 e. The smallest absolute Gasteiger partial charge is 0.237 e. The molecular formula is C14H21N3O2. The van der Waals surface area contributed by atoms with E-state index in [1.165, 1.54) is 6.92 Å². The van der Waals surface area contributed by atoms with Gasteiger partial charge in [-0.05, 0) is 31.0 Å². The average molecular weight is 263 g/mol. The van der Waals surface area contributed by atoms with Crippen molar-refractivity contribution in [2.24, 2.45) is 5.73 Å². The minimum atomic E-state index is -0.485.